The minimum absolute atomic E-state index is 0.0987. The van der Waals surface area contributed by atoms with Crippen molar-refractivity contribution in [3.05, 3.63) is 46.7 Å². The SMILES string of the molecule is CCOc1ccccc1N1CCN([C@@H](C)C(=O)NCc2cccs2)CC1. The molecule has 1 fully saturated rings. The molecule has 0 spiro atoms. The Hall–Kier alpha value is -2.05. The van der Waals surface area contributed by atoms with Crippen molar-refractivity contribution in [2.24, 2.45) is 0 Å². The zero-order chi connectivity index (χ0) is 18.4. The number of piperazine rings is 1. The highest BCUT2D eigenvalue weighted by Crippen LogP contribution is 2.29. The molecule has 1 N–H and O–H groups in total. The lowest BCUT2D eigenvalue weighted by molar-refractivity contribution is -0.126. The van der Waals surface area contributed by atoms with E-state index < -0.39 is 0 Å². The van der Waals surface area contributed by atoms with Gasteiger partial charge in [0.2, 0.25) is 5.91 Å². The van der Waals surface area contributed by atoms with Crippen molar-refractivity contribution in [3.8, 4) is 5.75 Å². The topological polar surface area (TPSA) is 44.8 Å². The van der Waals surface area contributed by atoms with Crippen LogP contribution < -0.4 is 15.0 Å². The van der Waals surface area contributed by atoms with Gasteiger partial charge in [-0.1, -0.05) is 18.2 Å². The number of para-hydroxylation sites is 2. The molecule has 140 valence electrons. The summed E-state index contributed by atoms with van der Waals surface area (Å²) < 4.78 is 5.75. The minimum atomic E-state index is -0.112. The summed E-state index contributed by atoms with van der Waals surface area (Å²) in [5.41, 5.74) is 1.14. The van der Waals surface area contributed by atoms with Crippen molar-refractivity contribution < 1.29 is 9.53 Å². The van der Waals surface area contributed by atoms with Gasteiger partial charge in [-0.25, -0.2) is 0 Å². The summed E-state index contributed by atoms with van der Waals surface area (Å²) in [4.78, 5) is 18.2. The molecule has 5 nitrogen and oxygen atoms in total. The number of amides is 1. The van der Waals surface area contributed by atoms with Crippen molar-refractivity contribution in [3.63, 3.8) is 0 Å². The first-order valence-electron chi connectivity index (χ1n) is 9.20. The van der Waals surface area contributed by atoms with Crippen LogP contribution in [0, 0.1) is 0 Å². The van der Waals surface area contributed by atoms with Crippen LogP contribution in [-0.4, -0.2) is 49.6 Å². The molecule has 1 saturated heterocycles. The summed E-state index contributed by atoms with van der Waals surface area (Å²) in [6.07, 6.45) is 0. The first kappa shape index (κ1) is 18.7. The van der Waals surface area contributed by atoms with E-state index in [1.807, 2.05) is 49.6 Å². The van der Waals surface area contributed by atoms with Gasteiger partial charge in [0.05, 0.1) is 24.9 Å². The van der Waals surface area contributed by atoms with E-state index in [0.717, 1.165) is 37.6 Å². The van der Waals surface area contributed by atoms with Crippen LogP contribution in [0.3, 0.4) is 0 Å². The van der Waals surface area contributed by atoms with Gasteiger partial charge in [0.25, 0.3) is 0 Å². The fourth-order valence-electron chi connectivity index (χ4n) is 3.25. The number of hydrogen-bond acceptors (Lipinski definition) is 5. The van der Waals surface area contributed by atoms with Crippen molar-refractivity contribution in [1.82, 2.24) is 10.2 Å². The van der Waals surface area contributed by atoms with Gasteiger partial charge in [0.1, 0.15) is 5.75 Å². The molecule has 1 atom stereocenters. The highest BCUT2D eigenvalue weighted by Gasteiger charge is 2.26. The quantitative estimate of drug-likeness (QED) is 0.810. The number of nitrogens with zero attached hydrogens (tertiary/aromatic N) is 2. The largest absolute Gasteiger partial charge is 0.492 e. The Morgan fingerprint density at radius 1 is 1.19 bits per heavy atom. The molecule has 6 heteroatoms. The van der Waals surface area contributed by atoms with E-state index in [0.29, 0.717) is 13.2 Å². The van der Waals surface area contributed by atoms with Gasteiger partial charge in [-0.3, -0.25) is 9.69 Å². The lowest BCUT2D eigenvalue weighted by Crippen LogP contribution is -2.53. The maximum absolute atomic E-state index is 12.4. The molecule has 0 bridgehead atoms. The molecule has 1 amide bonds. The second kappa shape index (κ2) is 9.05. The van der Waals surface area contributed by atoms with E-state index in [2.05, 4.69) is 21.2 Å². The predicted molar refractivity (Wildman–Crippen MR) is 107 cm³/mol. The van der Waals surface area contributed by atoms with E-state index in [4.69, 9.17) is 4.74 Å². The number of benzene rings is 1. The number of carbonyl (C=O) groups is 1. The van der Waals surface area contributed by atoms with E-state index in [1.54, 1.807) is 11.3 Å². The molecule has 26 heavy (non-hydrogen) atoms. The zero-order valence-corrected chi connectivity index (χ0v) is 16.3. The van der Waals surface area contributed by atoms with Gasteiger partial charge in [-0.15, -0.1) is 11.3 Å². The summed E-state index contributed by atoms with van der Waals surface area (Å²) >= 11 is 1.67. The van der Waals surface area contributed by atoms with Gasteiger partial charge >= 0.3 is 0 Å². The van der Waals surface area contributed by atoms with Crippen molar-refractivity contribution in [1.29, 1.82) is 0 Å². The fraction of sp³-hybridized carbons (Fsp3) is 0.450. The Morgan fingerprint density at radius 2 is 1.96 bits per heavy atom. The van der Waals surface area contributed by atoms with Crippen molar-refractivity contribution in [2.45, 2.75) is 26.4 Å². The summed E-state index contributed by atoms with van der Waals surface area (Å²) in [6, 6.07) is 12.1. The van der Waals surface area contributed by atoms with Gasteiger partial charge in [-0.2, -0.15) is 0 Å². The van der Waals surface area contributed by atoms with Crippen LogP contribution in [-0.2, 0) is 11.3 Å². The zero-order valence-electron chi connectivity index (χ0n) is 15.5. The fourth-order valence-corrected chi connectivity index (χ4v) is 3.89. The molecule has 2 aromatic rings. The molecule has 1 aromatic heterocycles. The molecule has 3 rings (SSSR count). The van der Waals surface area contributed by atoms with Crippen LogP contribution in [0.5, 0.6) is 5.75 Å². The standard InChI is InChI=1S/C20H27N3O2S/c1-3-25-19-9-5-4-8-18(19)23-12-10-22(11-13-23)16(2)20(24)21-15-17-7-6-14-26-17/h4-9,14,16H,3,10-13,15H2,1-2H3,(H,21,24)/t16-/m0/s1. The maximum Gasteiger partial charge on any atom is 0.237 e. The molecule has 1 aromatic carbocycles. The number of hydrogen-bond donors (Lipinski definition) is 1. The lowest BCUT2D eigenvalue weighted by atomic mass is 10.2. The third-order valence-electron chi connectivity index (χ3n) is 4.76. The van der Waals surface area contributed by atoms with Crippen molar-refractivity contribution in [2.75, 3.05) is 37.7 Å². The highest BCUT2D eigenvalue weighted by molar-refractivity contribution is 7.09. The van der Waals surface area contributed by atoms with Crippen LogP contribution in [0.25, 0.3) is 0 Å². The number of carbonyl (C=O) groups excluding carboxylic acids is 1. The van der Waals surface area contributed by atoms with E-state index in [-0.39, 0.29) is 11.9 Å². The molecule has 0 unspecified atom stereocenters. The summed E-state index contributed by atoms with van der Waals surface area (Å²) in [5, 5.41) is 5.08. The molecule has 1 aliphatic heterocycles. The third kappa shape index (κ3) is 4.56. The number of rotatable bonds is 7. The van der Waals surface area contributed by atoms with Crippen LogP contribution in [0.1, 0.15) is 18.7 Å². The predicted octanol–water partition coefficient (Wildman–Crippen LogP) is 2.97. The third-order valence-corrected chi connectivity index (χ3v) is 5.64. The average Bonchev–Trinajstić information content (AvgIpc) is 3.20. The Labute approximate surface area is 159 Å². The summed E-state index contributed by atoms with van der Waals surface area (Å²) in [7, 11) is 0. The monoisotopic (exact) mass is 373 g/mol. The number of nitrogens with one attached hydrogen (secondary N) is 1. The normalized spacial score (nSPS) is 16.3. The molecule has 0 aliphatic carbocycles. The molecule has 0 saturated carbocycles. The van der Waals surface area contributed by atoms with Gasteiger partial charge in [0, 0.05) is 31.1 Å². The Morgan fingerprint density at radius 3 is 2.65 bits per heavy atom. The van der Waals surface area contributed by atoms with Crippen LogP contribution in [0.4, 0.5) is 5.69 Å². The van der Waals surface area contributed by atoms with Crippen LogP contribution in [0.15, 0.2) is 41.8 Å². The highest BCUT2D eigenvalue weighted by atomic mass is 32.1. The Balaban J connectivity index is 1.52. The van der Waals surface area contributed by atoms with Gasteiger partial charge in [0.15, 0.2) is 0 Å². The Bertz CT molecular complexity index is 697. The van der Waals surface area contributed by atoms with Gasteiger partial charge in [-0.05, 0) is 37.4 Å². The summed E-state index contributed by atoms with van der Waals surface area (Å²) in [5.74, 6) is 1.03. The van der Waals surface area contributed by atoms with Gasteiger partial charge < -0.3 is 15.0 Å². The van der Waals surface area contributed by atoms with Crippen LogP contribution >= 0.6 is 11.3 Å². The van der Waals surface area contributed by atoms with E-state index in [1.165, 1.54) is 4.88 Å². The maximum atomic E-state index is 12.4. The average molecular weight is 374 g/mol. The molecule has 0 radical (unpaired) electrons. The Kier molecular flexibility index (Phi) is 6.52. The first-order chi connectivity index (χ1) is 12.7. The van der Waals surface area contributed by atoms with Crippen molar-refractivity contribution >= 4 is 22.9 Å². The number of ether oxygens (including phenoxy) is 1. The van der Waals surface area contributed by atoms with Crippen LogP contribution in [0.2, 0.25) is 0 Å². The second-order valence-electron chi connectivity index (χ2n) is 6.40. The summed E-state index contributed by atoms with van der Waals surface area (Å²) in [6.45, 7) is 8.81. The number of anilines is 1. The minimum Gasteiger partial charge on any atom is -0.492 e. The second-order valence-corrected chi connectivity index (χ2v) is 7.43. The van der Waals surface area contributed by atoms with E-state index >= 15 is 0 Å². The number of thiophene rings is 1. The molecular weight excluding hydrogens is 346 g/mol. The molecule has 2 heterocycles. The smallest absolute Gasteiger partial charge is 0.237 e. The lowest BCUT2D eigenvalue weighted by Gasteiger charge is -2.39. The molecule has 1 aliphatic rings. The molecular formula is C20H27N3O2S. The first-order valence-corrected chi connectivity index (χ1v) is 10.1. The van der Waals surface area contributed by atoms with E-state index in [9.17, 15) is 4.79 Å².